The first-order chi connectivity index (χ1) is 11.4. The molecule has 0 aliphatic heterocycles. The number of benzene rings is 2. The Balaban J connectivity index is 2.25. The Morgan fingerprint density at radius 1 is 1.12 bits per heavy atom. The second kappa shape index (κ2) is 5.73. The SMILES string of the molecule is COc1ccc(-c2cc(=O)c3c(O)c(C(C)=O)c(O)cc3o2)cc1. The molecule has 2 aromatic carbocycles. The summed E-state index contributed by atoms with van der Waals surface area (Å²) in [6, 6.07) is 9.24. The van der Waals surface area contributed by atoms with E-state index < -0.39 is 22.7 Å². The zero-order valence-corrected chi connectivity index (χ0v) is 13.0. The molecule has 0 saturated heterocycles. The Bertz CT molecular complexity index is 999. The largest absolute Gasteiger partial charge is 0.507 e. The van der Waals surface area contributed by atoms with Gasteiger partial charge in [0.2, 0.25) is 0 Å². The number of hydrogen-bond donors (Lipinski definition) is 2. The molecule has 24 heavy (non-hydrogen) atoms. The van der Waals surface area contributed by atoms with Crippen LogP contribution in [0.3, 0.4) is 0 Å². The van der Waals surface area contributed by atoms with Gasteiger partial charge in [0.15, 0.2) is 11.2 Å². The van der Waals surface area contributed by atoms with E-state index in [2.05, 4.69) is 0 Å². The van der Waals surface area contributed by atoms with Gasteiger partial charge in [0.25, 0.3) is 0 Å². The number of fused-ring (bicyclic) bond motifs is 1. The molecule has 0 aliphatic rings. The van der Waals surface area contributed by atoms with Gasteiger partial charge in [-0.2, -0.15) is 0 Å². The molecule has 0 atom stereocenters. The van der Waals surface area contributed by atoms with Crippen LogP contribution in [0.5, 0.6) is 17.2 Å². The Labute approximate surface area is 136 Å². The zero-order chi connectivity index (χ0) is 17.4. The van der Waals surface area contributed by atoms with Gasteiger partial charge in [0.1, 0.15) is 39.5 Å². The van der Waals surface area contributed by atoms with E-state index in [4.69, 9.17) is 9.15 Å². The van der Waals surface area contributed by atoms with E-state index in [0.29, 0.717) is 11.3 Å². The highest BCUT2D eigenvalue weighted by atomic mass is 16.5. The van der Waals surface area contributed by atoms with Crippen molar-refractivity contribution in [1.29, 1.82) is 0 Å². The average Bonchev–Trinajstić information content (AvgIpc) is 2.53. The van der Waals surface area contributed by atoms with Crippen LogP contribution in [0.2, 0.25) is 0 Å². The van der Waals surface area contributed by atoms with Crippen LogP contribution in [-0.2, 0) is 0 Å². The van der Waals surface area contributed by atoms with Gasteiger partial charge >= 0.3 is 0 Å². The van der Waals surface area contributed by atoms with E-state index in [9.17, 15) is 19.8 Å². The van der Waals surface area contributed by atoms with Crippen molar-refractivity contribution in [3.8, 4) is 28.6 Å². The number of phenolic OH excluding ortho intramolecular Hbond substituents is 2. The van der Waals surface area contributed by atoms with Gasteiger partial charge in [0.05, 0.1) is 7.11 Å². The molecule has 0 fully saturated rings. The first-order valence-corrected chi connectivity index (χ1v) is 7.10. The maximum atomic E-state index is 12.4. The number of phenols is 2. The summed E-state index contributed by atoms with van der Waals surface area (Å²) in [6.07, 6.45) is 0. The fourth-order valence-corrected chi connectivity index (χ4v) is 2.53. The van der Waals surface area contributed by atoms with Crippen molar-refractivity contribution in [3.63, 3.8) is 0 Å². The minimum Gasteiger partial charge on any atom is -0.507 e. The van der Waals surface area contributed by atoms with Crippen molar-refractivity contribution in [1.82, 2.24) is 0 Å². The lowest BCUT2D eigenvalue weighted by atomic mass is 10.0. The van der Waals surface area contributed by atoms with Gasteiger partial charge in [-0.25, -0.2) is 0 Å². The molecule has 0 spiro atoms. The monoisotopic (exact) mass is 326 g/mol. The molecule has 3 aromatic rings. The van der Waals surface area contributed by atoms with Crippen molar-refractivity contribution in [2.24, 2.45) is 0 Å². The molecule has 1 aromatic heterocycles. The van der Waals surface area contributed by atoms with E-state index in [-0.39, 0.29) is 22.3 Å². The molecule has 0 aliphatic carbocycles. The standard InChI is InChI=1S/C18H14O6/c1-9(19)16-12(20)8-15-17(18(16)22)13(21)7-14(24-15)10-3-5-11(23-2)6-4-10/h3-8,20,22H,1-2H3. The quantitative estimate of drug-likeness (QED) is 0.718. The Morgan fingerprint density at radius 2 is 1.79 bits per heavy atom. The van der Waals surface area contributed by atoms with Crippen LogP contribution >= 0.6 is 0 Å². The summed E-state index contributed by atoms with van der Waals surface area (Å²) >= 11 is 0. The van der Waals surface area contributed by atoms with Crippen LogP contribution in [0, 0.1) is 0 Å². The summed E-state index contributed by atoms with van der Waals surface area (Å²) in [7, 11) is 1.54. The summed E-state index contributed by atoms with van der Waals surface area (Å²) in [5.74, 6) is -0.645. The summed E-state index contributed by atoms with van der Waals surface area (Å²) in [6.45, 7) is 1.19. The molecule has 6 heteroatoms. The molecule has 0 bridgehead atoms. The van der Waals surface area contributed by atoms with Crippen molar-refractivity contribution in [3.05, 3.63) is 52.2 Å². The second-order valence-electron chi connectivity index (χ2n) is 5.25. The van der Waals surface area contributed by atoms with Crippen molar-refractivity contribution in [2.45, 2.75) is 6.92 Å². The fourth-order valence-electron chi connectivity index (χ4n) is 2.53. The van der Waals surface area contributed by atoms with E-state index in [0.717, 1.165) is 6.07 Å². The minimum absolute atomic E-state index is 0.00619. The molecule has 0 amide bonds. The van der Waals surface area contributed by atoms with E-state index in [1.54, 1.807) is 31.4 Å². The maximum Gasteiger partial charge on any atom is 0.197 e. The molecule has 0 saturated carbocycles. The first kappa shape index (κ1) is 15.6. The summed E-state index contributed by atoms with van der Waals surface area (Å²) in [4.78, 5) is 23.9. The Kier molecular flexibility index (Phi) is 3.73. The maximum absolute atomic E-state index is 12.4. The number of ketones is 1. The third-order valence-electron chi connectivity index (χ3n) is 3.70. The van der Waals surface area contributed by atoms with Crippen molar-refractivity contribution >= 4 is 16.8 Å². The number of carbonyl (C=O) groups is 1. The lowest BCUT2D eigenvalue weighted by Crippen LogP contribution is -2.04. The summed E-state index contributed by atoms with van der Waals surface area (Å²) in [5.41, 5.74) is -0.188. The molecule has 2 N–H and O–H groups in total. The lowest BCUT2D eigenvalue weighted by Gasteiger charge is -2.09. The van der Waals surface area contributed by atoms with Crippen LogP contribution in [-0.4, -0.2) is 23.1 Å². The van der Waals surface area contributed by atoms with Gasteiger partial charge < -0.3 is 19.4 Å². The first-order valence-electron chi connectivity index (χ1n) is 7.10. The van der Waals surface area contributed by atoms with Crippen molar-refractivity contribution in [2.75, 3.05) is 7.11 Å². The smallest absolute Gasteiger partial charge is 0.197 e. The highest BCUT2D eigenvalue weighted by Gasteiger charge is 2.20. The van der Waals surface area contributed by atoms with E-state index in [1.807, 2.05) is 0 Å². The van der Waals surface area contributed by atoms with Gasteiger partial charge in [-0.1, -0.05) is 0 Å². The number of hydrogen-bond acceptors (Lipinski definition) is 6. The normalized spacial score (nSPS) is 10.8. The number of methoxy groups -OCH3 is 1. The number of rotatable bonds is 3. The predicted octanol–water partition coefficient (Wildman–Crippen LogP) is 3.08. The number of Topliss-reactive ketones (excluding diaryl/α,β-unsaturated/α-hetero) is 1. The number of aromatic hydroxyl groups is 2. The Hall–Kier alpha value is -3.28. The third-order valence-corrected chi connectivity index (χ3v) is 3.70. The molecular formula is C18H14O6. The van der Waals surface area contributed by atoms with Gasteiger partial charge in [0, 0.05) is 17.7 Å². The Morgan fingerprint density at radius 3 is 2.38 bits per heavy atom. The molecule has 122 valence electrons. The minimum atomic E-state index is -0.576. The third kappa shape index (κ3) is 2.48. The van der Waals surface area contributed by atoms with Crippen molar-refractivity contribution < 1.29 is 24.2 Å². The molecule has 1 heterocycles. The van der Waals surface area contributed by atoms with E-state index in [1.165, 1.54) is 13.0 Å². The highest BCUT2D eigenvalue weighted by molar-refractivity contribution is 6.05. The second-order valence-corrected chi connectivity index (χ2v) is 5.25. The van der Waals surface area contributed by atoms with Crippen LogP contribution < -0.4 is 10.2 Å². The molecular weight excluding hydrogens is 312 g/mol. The van der Waals surface area contributed by atoms with Gasteiger partial charge in [-0.05, 0) is 31.2 Å². The summed E-state index contributed by atoms with van der Waals surface area (Å²) < 4.78 is 10.7. The molecule has 0 radical (unpaired) electrons. The number of carbonyl (C=O) groups excluding carboxylic acids is 1. The number of ether oxygens (including phenoxy) is 1. The zero-order valence-electron chi connectivity index (χ0n) is 13.0. The van der Waals surface area contributed by atoms with Crippen LogP contribution in [0.15, 0.2) is 45.6 Å². The molecule has 6 nitrogen and oxygen atoms in total. The molecule has 0 unspecified atom stereocenters. The topological polar surface area (TPSA) is 97.0 Å². The van der Waals surface area contributed by atoms with Crippen LogP contribution in [0.25, 0.3) is 22.3 Å². The van der Waals surface area contributed by atoms with Gasteiger partial charge in [-0.3, -0.25) is 9.59 Å². The van der Waals surface area contributed by atoms with Gasteiger partial charge in [-0.15, -0.1) is 0 Å². The summed E-state index contributed by atoms with van der Waals surface area (Å²) in [5, 5.41) is 19.9. The lowest BCUT2D eigenvalue weighted by molar-refractivity contribution is 0.101. The molecule has 3 rings (SSSR count). The van der Waals surface area contributed by atoms with Crippen LogP contribution in [0.4, 0.5) is 0 Å². The highest BCUT2D eigenvalue weighted by Crippen LogP contribution is 2.35. The fraction of sp³-hybridized carbons (Fsp3) is 0.111. The predicted molar refractivity (Wildman–Crippen MR) is 87.8 cm³/mol. The van der Waals surface area contributed by atoms with E-state index >= 15 is 0 Å². The van der Waals surface area contributed by atoms with Crippen LogP contribution in [0.1, 0.15) is 17.3 Å². The average molecular weight is 326 g/mol.